The zero-order chi connectivity index (χ0) is 19.0. The minimum absolute atomic E-state index is 0.0776. The second-order valence-corrected chi connectivity index (χ2v) is 7.08. The molecule has 0 fully saturated rings. The molecule has 4 rings (SSSR count). The van der Waals surface area contributed by atoms with Crippen LogP contribution in [-0.2, 0) is 12.8 Å². The van der Waals surface area contributed by atoms with Gasteiger partial charge in [-0.2, -0.15) is 0 Å². The lowest BCUT2D eigenvalue weighted by molar-refractivity contribution is 0.0927. The number of ether oxygens (including phenoxy) is 2. The fraction of sp³-hybridized carbons (Fsp3) is 0.318. The second kappa shape index (κ2) is 6.99. The van der Waals surface area contributed by atoms with Crippen molar-refractivity contribution < 1.29 is 14.3 Å². The van der Waals surface area contributed by atoms with E-state index >= 15 is 0 Å². The van der Waals surface area contributed by atoms with Gasteiger partial charge in [0.15, 0.2) is 0 Å². The van der Waals surface area contributed by atoms with Gasteiger partial charge in [-0.05, 0) is 49.6 Å². The van der Waals surface area contributed by atoms with E-state index in [0.29, 0.717) is 17.1 Å². The van der Waals surface area contributed by atoms with Gasteiger partial charge in [0.25, 0.3) is 5.91 Å². The number of aromatic nitrogens is 1. The van der Waals surface area contributed by atoms with Crippen LogP contribution in [0.25, 0.3) is 10.9 Å². The quantitative estimate of drug-likeness (QED) is 0.740. The van der Waals surface area contributed by atoms with Gasteiger partial charge >= 0.3 is 0 Å². The van der Waals surface area contributed by atoms with E-state index in [1.54, 1.807) is 26.4 Å². The van der Waals surface area contributed by atoms with Gasteiger partial charge in [-0.25, -0.2) is 0 Å². The summed E-state index contributed by atoms with van der Waals surface area (Å²) in [5.74, 6) is 0.874. The topological polar surface area (TPSA) is 63.4 Å². The van der Waals surface area contributed by atoms with Crippen LogP contribution in [0.1, 0.15) is 33.6 Å². The van der Waals surface area contributed by atoms with Crippen LogP contribution < -0.4 is 14.8 Å². The van der Waals surface area contributed by atoms with Crippen LogP contribution in [0, 0.1) is 6.92 Å². The van der Waals surface area contributed by atoms with Gasteiger partial charge in [0.1, 0.15) is 17.1 Å². The molecule has 2 aromatic carbocycles. The van der Waals surface area contributed by atoms with Crippen molar-refractivity contribution in [2.24, 2.45) is 0 Å². The molecule has 0 spiro atoms. The summed E-state index contributed by atoms with van der Waals surface area (Å²) >= 11 is 0. The molecule has 1 aliphatic carbocycles. The van der Waals surface area contributed by atoms with E-state index in [1.807, 2.05) is 6.07 Å². The lowest BCUT2D eigenvalue weighted by Crippen LogP contribution is -2.39. The standard InChI is InChI=1S/C22H24N2O3/c1-13-7-10-17-16(11-13)15-9-8-14(12-18(15)24-17)23-22(25)21-19(26-2)5-4-6-20(21)27-3/h4-7,10-11,14,24H,8-9,12H2,1-3H3,(H,23,25). The zero-order valence-electron chi connectivity index (χ0n) is 15.9. The first kappa shape index (κ1) is 17.5. The van der Waals surface area contributed by atoms with E-state index in [2.05, 4.69) is 35.4 Å². The molecule has 0 radical (unpaired) electrons. The summed E-state index contributed by atoms with van der Waals surface area (Å²) in [4.78, 5) is 16.5. The van der Waals surface area contributed by atoms with Gasteiger partial charge in [0.2, 0.25) is 0 Å². The van der Waals surface area contributed by atoms with Crippen molar-refractivity contribution in [3.63, 3.8) is 0 Å². The SMILES string of the molecule is COc1cccc(OC)c1C(=O)NC1CCc2c([nH]c3ccc(C)cc23)C1. The Morgan fingerprint density at radius 3 is 2.59 bits per heavy atom. The maximum Gasteiger partial charge on any atom is 0.259 e. The fourth-order valence-electron chi connectivity index (χ4n) is 4.00. The molecule has 0 saturated carbocycles. The Labute approximate surface area is 158 Å². The Hall–Kier alpha value is -2.95. The summed E-state index contributed by atoms with van der Waals surface area (Å²) in [7, 11) is 3.12. The molecule has 0 bridgehead atoms. The van der Waals surface area contributed by atoms with Crippen molar-refractivity contribution in [1.82, 2.24) is 10.3 Å². The molecule has 5 heteroatoms. The van der Waals surface area contributed by atoms with Crippen LogP contribution in [0.5, 0.6) is 11.5 Å². The van der Waals surface area contributed by atoms with Crippen LogP contribution >= 0.6 is 0 Å². The molecule has 3 aromatic rings. The smallest absolute Gasteiger partial charge is 0.259 e. The third-order valence-electron chi connectivity index (χ3n) is 5.33. The molecule has 0 saturated heterocycles. The monoisotopic (exact) mass is 364 g/mol. The number of nitrogens with one attached hydrogen (secondary N) is 2. The normalized spacial score (nSPS) is 16.0. The highest BCUT2D eigenvalue weighted by atomic mass is 16.5. The van der Waals surface area contributed by atoms with Crippen molar-refractivity contribution in [3.05, 3.63) is 58.8 Å². The van der Waals surface area contributed by atoms with Gasteiger partial charge in [-0.1, -0.05) is 17.7 Å². The Bertz CT molecular complexity index is 984. The number of methoxy groups -OCH3 is 2. The number of aryl methyl sites for hydroxylation is 2. The van der Waals surface area contributed by atoms with Crippen LogP contribution in [0.3, 0.4) is 0 Å². The average Bonchev–Trinajstić information content (AvgIpc) is 3.04. The predicted octanol–water partition coefficient (Wildman–Crippen LogP) is 3.78. The number of carbonyl (C=O) groups is 1. The summed E-state index contributed by atoms with van der Waals surface area (Å²) in [6.07, 6.45) is 2.66. The van der Waals surface area contributed by atoms with E-state index in [4.69, 9.17) is 9.47 Å². The van der Waals surface area contributed by atoms with E-state index < -0.39 is 0 Å². The Balaban J connectivity index is 1.57. The Kier molecular flexibility index (Phi) is 4.52. The molecule has 1 atom stereocenters. The molecule has 27 heavy (non-hydrogen) atoms. The first-order valence-corrected chi connectivity index (χ1v) is 9.22. The number of rotatable bonds is 4. The van der Waals surface area contributed by atoms with Crippen molar-refractivity contribution in [2.45, 2.75) is 32.2 Å². The van der Waals surface area contributed by atoms with E-state index in [-0.39, 0.29) is 11.9 Å². The number of benzene rings is 2. The Morgan fingerprint density at radius 2 is 1.89 bits per heavy atom. The maximum atomic E-state index is 12.9. The van der Waals surface area contributed by atoms with Crippen molar-refractivity contribution in [1.29, 1.82) is 0 Å². The summed E-state index contributed by atoms with van der Waals surface area (Å²) in [6.45, 7) is 2.12. The van der Waals surface area contributed by atoms with Crippen molar-refractivity contribution in [3.8, 4) is 11.5 Å². The zero-order valence-corrected chi connectivity index (χ0v) is 15.9. The number of hydrogen-bond acceptors (Lipinski definition) is 3. The third-order valence-corrected chi connectivity index (χ3v) is 5.33. The number of amides is 1. The molecule has 1 aromatic heterocycles. The molecule has 1 aliphatic rings. The Morgan fingerprint density at radius 1 is 1.15 bits per heavy atom. The highest BCUT2D eigenvalue weighted by molar-refractivity contribution is 6.00. The molecule has 0 aliphatic heterocycles. The van der Waals surface area contributed by atoms with E-state index in [0.717, 1.165) is 19.3 Å². The number of fused-ring (bicyclic) bond motifs is 3. The largest absolute Gasteiger partial charge is 0.496 e. The number of hydrogen-bond donors (Lipinski definition) is 2. The van der Waals surface area contributed by atoms with Gasteiger partial charge in [-0.15, -0.1) is 0 Å². The third kappa shape index (κ3) is 3.14. The molecule has 140 valence electrons. The maximum absolute atomic E-state index is 12.9. The first-order chi connectivity index (χ1) is 13.1. The fourth-order valence-corrected chi connectivity index (χ4v) is 4.00. The van der Waals surface area contributed by atoms with Crippen LogP contribution in [0.15, 0.2) is 36.4 Å². The molecule has 2 N–H and O–H groups in total. The molecular weight excluding hydrogens is 340 g/mol. The molecule has 5 nitrogen and oxygen atoms in total. The highest BCUT2D eigenvalue weighted by Gasteiger charge is 2.26. The van der Waals surface area contributed by atoms with Gasteiger partial charge in [-0.3, -0.25) is 4.79 Å². The summed E-state index contributed by atoms with van der Waals surface area (Å²) in [5.41, 5.74) is 5.49. The average molecular weight is 364 g/mol. The van der Waals surface area contributed by atoms with Crippen LogP contribution in [0.4, 0.5) is 0 Å². The summed E-state index contributed by atoms with van der Waals surface area (Å²) in [5, 5.41) is 4.47. The number of carbonyl (C=O) groups excluding carboxylic acids is 1. The molecule has 1 unspecified atom stereocenters. The minimum Gasteiger partial charge on any atom is -0.496 e. The molecule has 1 amide bonds. The minimum atomic E-state index is -0.162. The molecular formula is C22H24N2O3. The van der Waals surface area contributed by atoms with E-state index in [9.17, 15) is 4.79 Å². The highest BCUT2D eigenvalue weighted by Crippen LogP contribution is 2.31. The first-order valence-electron chi connectivity index (χ1n) is 9.22. The van der Waals surface area contributed by atoms with Crippen molar-refractivity contribution in [2.75, 3.05) is 14.2 Å². The lowest BCUT2D eigenvalue weighted by atomic mass is 9.91. The second-order valence-electron chi connectivity index (χ2n) is 7.08. The van der Waals surface area contributed by atoms with Crippen molar-refractivity contribution >= 4 is 16.8 Å². The molecule has 1 heterocycles. The predicted molar refractivity (Wildman–Crippen MR) is 106 cm³/mol. The van der Waals surface area contributed by atoms with Gasteiger partial charge in [0.05, 0.1) is 14.2 Å². The number of H-pyrrole nitrogens is 1. The van der Waals surface area contributed by atoms with Gasteiger partial charge in [0, 0.05) is 29.1 Å². The number of aromatic amines is 1. The lowest BCUT2D eigenvalue weighted by Gasteiger charge is -2.24. The summed E-state index contributed by atoms with van der Waals surface area (Å²) in [6, 6.07) is 11.9. The van der Waals surface area contributed by atoms with Crippen LogP contribution in [0.2, 0.25) is 0 Å². The summed E-state index contributed by atoms with van der Waals surface area (Å²) < 4.78 is 10.7. The van der Waals surface area contributed by atoms with Crippen LogP contribution in [-0.4, -0.2) is 31.2 Å². The van der Waals surface area contributed by atoms with Gasteiger partial charge < -0.3 is 19.8 Å². The van der Waals surface area contributed by atoms with E-state index in [1.165, 1.54) is 27.7 Å².